The third-order valence-corrected chi connectivity index (χ3v) is 10.2. The van der Waals surface area contributed by atoms with Gasteiger partial charge in [0.15, 0.2) is 0 Å². The highest BCUT2D eigenvalue weighted by atomic mass is 32.1. The van der Waals surface area contributed by atoms with Crippen molar-refractivity contribution in [3.05, 3.63) is 64.2 Å². The molecule has 4 amide bonds. The molecule has 0 unspecified atom stereocenters. The lowest BCUT2D eigenvalue weighted by Crippen LogP contribution is -2.46. The molecule has 0 N–H and O–H groups in total. The molecule has 46 heavy (non-hydrogen) atoms. The van der Waals surface area contributed by atoms with Crippen LogP contribution in [0.2, 0.25) is 0 Å². The molecule has 0 radical (unpaired) electrons. The minimum atomic E-state index is -0.341. The number of unbranched alkanes of at least 4 members (excludes halogenated alkanes) is 2. The van der Waals surface area contributed by atoms with Gasteiger partial charge in [0.2, 0.25) is 0 Å². The quantitative estimate of drug-likeness (QED) is 0.0534. The monoisotopic (exact) mass is 629 g/mol. The van der Waals surface area contributed by atoms with E-state index in [0.717, 1.165) is 76.4 Å². The molecule has 232 valence electrons. The molecular formula is C38H35N3O4S. The number of rotatable bonds is 9. The molecular weight excluding hydrogens is 595 g/mol. The second-order valence-electron chi connectivity index (χ2n) is 12.9. The average Bonchev–Trinajstić information content (AvgIpc) is 3.04. The van der Waals surface area contributed by atoms with Gasteiger partial charge in [-0.05, 0) is 97.2 Å². The van der Waals surface area contributed by atoms with Crippen molar-refractivity contribution in [1.29, 1.82) is 0 Å². The van der Waals surface area contributed by atoms with Crippen LogP contribution in [0.25, 0.3) is 43.1 Å². The fourth-order valence-electron chi connectivity index (χ4n) is 7.88. The van der Waals surface area contributed by atoms with Gasteiger partial charge in [-0.15, -0.1) is 0 Å². The van der Waals surface area contributed by atoms with Crippen molar-refractivity contribution in [2.75, 3.05) is 0 Å². The fraction of sp³-hybridized carbons (Fsp3) is 0.342. The summed E-state index contributed by atoms with van der Waals surface area (Å²) in [7, 11) is 0. The second kappa shape index (κ2) is 11.1. The SMILES string of the molecule is CCCC[C@H](C)N1C(=O)c2ccc3c4c(N=C=S)cc5c6c(ccc(c7c(C)cc(c2c37)C1=O)c64)C(=O)N([C@@H](C)CCCC)C5=O. The van der Waals surface area contributed by atoms with E-state index >= 15 is 0 Å². The normalized spacial score (nSPS) is 15.9. The van der Waals surface area contributed by atoms with Crippen molar-refractivity contribution in [3.63, 3.8) is 0 Å². The van der Waals surface area contributed by atoms with E-state index < -0.39 is 0 Å². The standard InChI is InChI=1S/C38H35N3O4S/c1-6-8-10-20(4)40-35(42)24-15-13-23-32-28(39-18-46)17-27-31-25(36(43)41(38(27)45)21(5)11-9-7-2)14-12-22(34(31)32)29-19(3)16-26(37(40)44)30(24)33(23)29/h12-17,20-21H,6-11H2,1-5H3/t20-,21-/m0/s1. The maximum Gasteiger partial charge on any atom is 0.261 e. The number of thiocarbonyl (C=S) groups is 1. The highest BCUT2D eigenvalue weighted by Crippen LogP contribution is 2.50. The smallest absolute Gasteiger partial charge is 0.261 e. The molecule has 2 aliphatic heterocycles. The zero-order valence-corrected chi connectivity index (χ0v) is 27.6. The number of fused-ring (bicyclic) bond motifs is 2. The van der Waals surface area contributed by atoms with Crippen molar-refractivity contribution < 1.29 is 19.2 Å². The number of aliphatic imine (C=N–C) groups is 1. The molecule has 0 bridgehead atoms. The summed E-state index contributed by atoms with van der Waals surface area (Å²) in [5.41, 5.74) is 3.23. The van der Waals surface area contributed by atoms with E-state index in [2.05, 4.69) is 24.0 Å². The number of carbonyl (C=O) groups is 4. The summed E-state index contributed by atoms with van der Waals surface area (Å²) in [5.74, 6) is -1.21. The third kappa shape index (κ3) is 4.03. The van der Waals surface area contributed by atoms with E-state index in [1.54, 1.807) is 12.1 Å². The second-order valence-corrected chi connectivity index (χ2v) is 13.1. The number of nitrogens with zero attached hydrogens (tertiary/aromatic N) is 3. The van der Waals surface area contributed by atoms with Crippen LogP contribution >= 0.6 is 12.2 Å². The van der Waals surface area contributed by atoms with E-state index in [-0.39, 0.29) is 35.7 Å². The molecule has 0 aromatic heterocycles. The first-order valence-electron chi connectivity index (χ1n) is 16.2. The molecule has 2 heterocycles. The molecule has 0 spiro atoms. The number of hydrogen-bond donors (Lipinski definition) is 0. The van der Waals surface area contributed by atoms with Crippen molar-refractivity contribution in [2.24, 2.45) is 4.99 Å². The molecule has 5 aromatic rings. The van der Waals surface area contributed by atoms with Crippen LogP contribution in [0.15, 0.2) is 41.4 Å². The van der Waals surface area contributed by atoms with Crippen LogP contribution in [-0.2, 0) is 0 Å². The third-order valence-electron chi connectivity index (χ3n) is 10.1. The number of hydrogen-bond acceptors (Lipinski definition) is 6. The molecule has 5 aromatic carbocycles. The lowest BCUT2D eigenvalue weighted by atomic mass is 9.80. The Hall–Kier alpha value is -4.52. The van der Waals surface area contributed by atoms with Crippen molar-refractivity contribution >= 4 is 89.8 Å². The number of benzene rings is 5. The van der Waals surface area contributed by atoms with Gasteiger partial charge >= 0.3 is 0 Å². The Balaban J connectivity index is 1.58. The number of amides is 4. The predicted octanol–water partition coefficient (Wildman–Crippen LogP) is 9.13. The van der Waals surface area contributed by atoms with Crippen LogP contribution < -0.4 is 0 Å². The van der Waals surface area contributed by atoms with Gasteiger partial charge in [-0.2, -0.15) is 4.99 Å². The summed E-state index contributed by atoms with van der Waals surface area (Å²) in [5, 5.41) is 8.50. The Morgan fingerprint density at radius 1 is 0.652 bits per heavy atom. The summed E-state index contributed by atoms with van der Waals surface area (Å²) in [4.78, 5) is 63.4. The molecule has 2 atom stereocenters. The Morgan fingerprint density at radius 3 is 1.61 bits per heavy atom. The van der Waals surface area contributed by atoms with Crippen LogP contribution in [0.1, 0.15) is 113 Å². The minimum absolute atomic E-state index is 0.226. The van der Waals surface area contributed by atoms with Crippen LogP contribution in [0.5, 0.6) is 0 Å². The Bertz CT molecular complexity index is 2230. The first-order valence-corrected chi connectivity index (χ1v) is 16.6. The molecule has 7 nitrogen and oxygen atoms in total. The number of isothiocyanates is 1. The van der Waals surface area contributed by atoms with Crippen LogP contribution in [0, 0.1) is 6.92 Å². The van der Waals surface area contributed by atoms with Crippen LogP contribution in [-0.4, -0.2) is 50.7 Å². The zero-order valence-electron chi connectivity index (χ0n) is 26.7. The molecule has 8 heteroatoms. The van der Waals surface area contributed by atoms with E-state index in [1.807, 2.05) is 45.0 Å². The fourth-order valence-corrected chi connectivity index (χ4v) is 7.98. The maximum atomic E-state index is 14.1. The van der Waals surface area contributed by atoms with Gasteiger partial charge < -0.3 is 0 Å². The van der Waals surface area contributed by atoms with E-state index in [4.69, 9.17) is 12.2 Å². The van der Waals surface area contributed by atoms with Gasteiger partial charge in [0.25, 0.3) is 23.6 Å². The molecule has 2 aliphatic rings. The first-order chi connectivity index (χ1) is 22.2. The van der Waals surface area contributed by atoms with Crippen LogP contribution in [0.3, 0.4) is 0 Å². The number of imide groups is 2. The van der Waals surface area contributed by atoms with Gasteiger partial charge in [-0.1, -0.05) is 51.7 Å². The molecule has 0 saturated heterocycles. The molecule has 0 saturated carbocycles. The van der Waals surface area contributed by atoms with Crippen molar-refractivity contribution in [3.8, 4) is 0 Å². The summed E-state index contributed by atoms with van der Waals surface area (Å²) >= 11 is 5.08. The van der Waals surface area contributed by atoms with Gasteiger partial charge in [-0.3, -0.25) is 29.0 Å². The van der Waals surface area contributed by atoms with E-state index in [0.29, 0.717) is 38.7 Å². The Kier molecular flexibility index (Phi) is 7.26. The number of carbonyl (C=O) groups excluding carboxylic acids is 4. The van der Waals surface area contributed by atoms with Crippen LogP contribution in [0.4, 0.5) is 5.69 Å². The lowest BCUT2D eigenvalue weighted by molar-refractivity contribution is 0.0527. The predicted molar refractivity (Wildman–Crippen MR) is 186 cm³/mol. The van der Waals surface area contributed by atoms with Crippen molar-refractivity contribution in [1.82, 2.24) is 9.80 Å². The lowest BCUT2D eigenvalue weighted by Gasteiger charge is -2.34. The Morgan fingerprint density at radius 2 is 1.11 bits per heavy atom. The van der Waals surface area contributed by atoms with Gasteiger partial charge in [0, 0.05) is 50.3 Å². The molecule has 7 rings (SSSR count). The first kappa shape index (κ1) is 30.2. The average molecular weight is 630 g/mol. The summed E-state index contributed by atoms with van der Waals surface area (Å²) in [6.45, 7) is 10.0. The molecule has 0 aliphatic carbocycles. The Labute approximate surface area is 272 Å². The summed E-state index contributed by atoms with van der Waals surface area (Å²) < 4.78 is 0. The van der Waals surface area contributed by atoms with E-state index in [9.17, 15) is 19.2 Å². The molecule has 0 fully saturated rings. The minimum Gasteiger partial charge on any atom is -0.272 e. The maximum absolute atomic E-state index is 14.1. The summed E-state index contributed by atoms with van der Waals surface area (Å²) in [6.07, 6.45) is 5.24. The van der Waals surface area contributed by atoms with Gasteiger partial charge in [-0.25, -0.2) is 0 Å². The largest absolute Gasteiger partial charge is 0.272 e. The van der Waals surface area contributed by atoms with Gasteiger partial charge in [0.1, 0.15) is 0 Å². The highest BCUT2D eigenvalue weighted by molar-refractivity contribution is 7.78. The highest BCUT2D eigenvalue weighted by Gasteiger charge is 2.40. The van der Waals surface area contributed by atoms with Crippen molar-refractivity contribution in [2.45, 2.75) is 85.2 Å². The summed E-state index contributed by atoms with van der Waals surface area (Å²) in [6, 6.07) is 10.6. The topological polar surface area (TPSA) is 87.1 Å². The van der Waals surface area contributed by atoms with Gasteiger partial charge in [0.05, 0.1) is 16.4 Å². The number of aryl methyl sites for hydroxylation is 1. The van der Waals surface area contributed by atoms with E-state index in [1.165, 1.54) is 9.80 Å². The zero-order chi connectivity index (χ0) is 32.6.